The van der Waals surface area contributed by atoms with E-state index in [1.807, 2.05) is 31.2 Å². The SMILES string of the molecule is CCOC1C(Cl)CC1Oc1cccc(Br)c1. The van der Waals surface area contributed by atoms with Gasteiger partial charge in [0.1, 0.15) is 18.0 Å². The van der Waals surface area contributed by atoms with Gasteiger partial charge in [-0.05, 0) is 25.1 Å². The third kappa shape index (κ3) is 2.70. The highest BCUT2D eigenvalue weighted by molar-refractivity contribution is 9.10. The average molecular weight is 306 g/mol. The first-order chi connectivity index (χ1) is 7.70. The van der Waals surface area contributed by atoms with Crippen molar-refractivity contribution in [2.45, 2.75) is 30.9 Å². The van der Waals surface area contributed by atoms with E-state index in [1.54, 1.807) is 0 Å². The molecule has 16 heavy (non-hydrogen) atoms. The van der Waals surface area contributed by atoms with E-state index in [9.17, 15) is 0 Å². The minimum absolute atomic E-state index is 0.0191. The largest absolute Gasteiger partial charge is 0.488 e. The minimum atomic E-state index is 0.0191. The fraction of sp³-hybridized carbons (Fsp3) is 0.500. The zero-order valence-corrected chi connectivity index (χ0v) is 11.4. The molecule has 0 amide bonds. The summed E-state index contributed by atoms with van der Waals surface area (Å²) in [6, 6.07) is 7.81. The topological polar surface area (TPSA) is 18.5 Å². The van der Waals surface area contributed by atoms with Crippen molar-refractivity contribution < 1.29 is 9.47 Å². The first-order valence-electron chi connectivity index (χ1n) is 5.38. The third-order valence-corrected chi connectivity index (χ3v) is 3.54. The normalized spacial score (nSPS) is 28.6. The number of alkyl halides is 1. The number of hydrogen-bond donors (Lipinski definition) is 0. The van der Waals surface area contributed by atoms with Crippen LogP contribution in [0.25, 0.3) is 0 Å². The van der Waals surface area contributed by atoms with E-state index in [0.29, 0.717) is 6.61 Å². The second-order valence-electron chi connectivity index (χ2n) is 3.79. The molecule has 1 aromatic carbocycles. The molecule has 0 bridgehead atoms. The molecule has 1 fully saturated rings. The molecule has 4 heteroatoms. The first kappa shape index (κ1) is 12.2. The van der Waals surface area contributed by atoms with Gasteiger partial charge in [0.25, 0.3) is 0 Å². The summed E-state index contributed by atoms with van der Waals surface area (Å²) in [7, 11) is 0. The van der Waals surface area contributed by atoms with Crippen LogP contribution >= 0.6 is 27.5 Å². The maximum Gasteiger partial charge on any atom is 0.128 e. The predicted octanol–water partition coefficient (Wildman–Crippen LogP) is 3.61. The van der Waals surface area contributed by atoms with Crippen LogP contribution in [0.1, 0.15) is 13.3 Å². The maximum atomic E-state index is 6.07. The molecule has 0 spiro atoms. The Bertz CT molecular complexity index is 359. The summed E-state index contributed by atoms with van der Waals surface area (Å²) in [5.41, 5.74) is 0. The van der Waals surface area contributed by atoms with E-state index in [-0.39, 0.29) is 17.6 Å². The second kappa shape index (κ2) is 5.39. The van der Waals surface area contributed by atoms with Crippen LogP contribution in [0.2, 0.25) is 0 Å². The van der Waals surface area contributed by atoms with E-state index in [1.165, 1.54) is 0 Å². The van der Waals surface area contributed by atoms with Crippen LogP contribution in [0, 0.1) is 0 Å². The molecule has 1 aliphatic carbocycles. The summed E-state index contributed by atoms with van der Waals surface area (Å²) in [5.74, 6) is 0.854. The molecule has 88 valence electrons. The molecule has 0 N–H and O–H groups in total. The van der Waals surface area contributed by atoms with Gasteiger partial charge in [-0.1, -0.05) is 22.0 Å². The fourth-order valence-corrected chi connectivity index (χ4v) is 2.55. The number of halogens is 2. The molecular weight excluding hydrogens is 291 g/mol. The monoisotopic (exact) mass is 304 g/mol. The van der Waals surface area contributed by atoms with Crippen molar-refractivity contribution in [1.82, 2.24) is 0 Å². The fourth-order valence-electron chi connectivity index (χ4n) is 1.76. The molecule has 1 aliphatic rings. The minimum Gasteiger partial charge on any atom is -0.488 e. The maximum absolute atomic E-state index is 6.07. The predicted molar refractivity (Wildman–Crippen MR) is 68.2 cm³/mol. The van der Waals surface area contributed by atoms with Crippen molar-refractivity contribution in [2.75, 3.05) is 6.61 Å². The van der Waals surface area contributed by atoms with Gasteiger partial charge >= 0.3 is 0 Å². The van der Waals surface area contributed by atoms with E-state index in [0.717, 1.165) is 16.6 Å². The van der Waals surface area contributed by atoms with Crippen LogP contribution in [0.15, 0.2) is 28.7 Å². The quantitative estimate of drug-likeness (QED) is 0.791. The first-order valence-corrected chi connectivity index (χ1v) is 6.61. The van der Waals surface area contributed by atoms with Crippen molar-refractivity contribution in [3.05, 3.63) is 28.7 Å². The number of ether oxygens (including phenoxy) is 2. The molecule has 3 atom stereocenters. The number of hydrogen-bond acceptors (Lipinski definition) is 2. The van der Waals surface area contributed by atoms with Crippen LogP contribution in [0.3, 0.4) is 0 Å². The Morgan fingerprint density at radius 1 is 1.50 bits per heavy atom. The molecular formula is C12H14BrClO2. The van der Waals surface area contributed by atoms with E-state index in [2.05, 4.69) is 15.9 Å². The Morgan fingerprint density at radius 2 is 2.31 bits per heavy atom. The third-order valence-electron chi connectivity index (χ3n) is 2.62. The highest BCUT2D eigenvalue weighted by Crippen LogP contribution is 2.33. The summed E-state index contributed by atoms with van der Waals surface area (Å²) in [6.45, 7) is 2.64. The lowest BCUT2D eigenvalue weighted by molar-refractivity contribution is -0.0759. The van der Waals surface area contributed by atoms with Crippen molar-refractivity contribution in [3.8, 4) is 5.75 Å². The molecule has 0 aromatic heterocycles. The van der Waals surface area contributed by atoms with Crippen LogP contribution in [0.4, 0.5) is 0 Å². The molecule has 0 radical (unpaired) electrons. The van der Waals surface area contributed by atoms with Crippen molar-refractivity contribution in [1.29, 1.82) is 0 Å². The van der Waals surface area contributed by atoms with Gasteiger partial charge in [0.05, 0.1) is 5.38 Å². The van der Waals surface area contributed by atoms with Gasteiger partial charge in [-0.15, -0.1) is 11.6 Å². The summed E-state index contributed by atoms with van der Waals surface area (Å²) in [6.07, 6.45) is 0.945. The lowest BCUT2D eigenvalue weighted by atomic mass is 9.91. The van der Waals surface area contributed by atoms with Gasteiger partial charge in [-0.3, -0.25) is 0 Å². The zero-order chi connectivity index (χ0) is 11.5. The highest BCUT2D eigenvalue weighted by Gasteiger charge is 2.42. The van der Waals surface area contributed by atoms with Gasteiger partial charge in [0.2, 0.25) is 0 Å². The molecule has 3 unspecified atom stereocenters. The van der Waals surface area contributed by atoms with Crippen LogP contribution in [-0.4, -0.2) is 24.2 Å². The summed E-state index contributed by atoms with van der Waals surface area (Å²) in [4.78, 5) is 0. The molecule has 1 aromatic rings. The van der Waals surface area contributed by atoms with Crippen molar-refractivity contribution in [2.24, 2.45) is 0 Å². The van der Waals surface area contributed by atoms with Gasteiger partial charge in [0, 0.05) is 17.5 Å². The molecule has 0 heterocycles. The van der Waals surface area contributed by atoms with Gasteiger partial charge < -0.3 is 9.47 Å². The van der Waals surface area contributed by atoms with E-state index < -0.39 is 0 Å². The Balaban J connectivity index is 1.95. The second-order valence-corrected chi connectivity index (χ2v) is 5.26. The Labute approximate surface area is 109 Å². The van der Waals surface area contributed by atoms with Crippen LogP contribution in [0.5, 0.6) is 5.75 Å². The Kier molecular flexibility index (Phi) is 4.11. The van der Waals surface area contributed by atoms with Crippen LogP contribution < -0.4 is 4.74 Å². The zero-order valence-electron chi connectivity index (χ0n) is 9.03. The smallest absolute Gasteiger partial charge is 0.128 e. The number of rotatable bonds is 4. The van der Waals surface area contributed by atoms with Gasteiger partial charge in [-0.2, -0.15) is 0 Å². The lowest BCUT2D eigenvalue weighted by Gasteiger charge is -2.40. The molecule has 1 saturated carbocycles. The molecule has 0 saturated heterocycles. The number of benzene rings is 1. The van der Waals surface area contributed by atoms with E-state index in [4.69, 9.17) is 21.1 Å². The Morgan fingerprint density at radius 3 is 2.94 bits per heavy atom. The molecule has 0 aliphatic heterocycles. The standard InChI is InChI=1S/C12H14BrClO2/c1-2-15-12-10(14)7-11(12)16-9-5-3-4-8(13)6-9/h3-6,10-12H,2,7H2,1H3. The average Bonchev–Trinajstić information content (AvgIpc) is 2.26. The summed E-state index contributed by atoms with van der Waals surface area (Å²) in [5, 5.41) is 0.0807. The van der Waals surface area contributed by atoms with Gasteiger partial charge in [0.15, 0.2) is 0 Å². The highest BCUT2D eigenvalue weighted by atomic mass is 79.9. The van der Waals surface area contributed by atoms with Crippen LogP contribution in [-0.2, 0) is 4.74 Å². The Hall–Kier alpha value is -0.250. The van der Waals surface area contributed by atoms with Crippen molar-refractivity contribution in [3.63, 3.8) is 0 Å². The van der Waals surface area contributed by atoms with E-state index >= 15 is 0 Å². The summed E-state index contributed by atoms with van der Waals surface area (Å²) < 4.78 is 12.4. The lowest BCUT2D eigenvalue weighted by Crippen LogP contribution is -2.52. The van der Waals surface area contributed by atoms with Gasteiger partial charge in [-0.25, -0.2) is 0 Å². The molecule has 2 nitrogen and oxygen atoms in total. The van der Waals surface area contributed by atoms with Crippen molar-refractivity contribution >= 4 is 27.5 Å². The summed E-state index contributed by atoms with van der Waals surface area (Å²) >= 11 is 9.48. The molecule has 2 rings (SSSR count).